The van der Waals surface area contributed by atoms with Crippen LogP contribution in [0, 0.1) is 6.92 Å². The van der Waals surface area contributed by atoms with E-state index in [0.717, 1.165) is 25.0 Å². The molecule has 0 aliphatic carbocycles. The van der Waals surface area contributed by atoms with Crippen LogP contribution in [0.3, 0.4) is 0 Å². The van der Waals surface area contributed by atoms with Gasteiger partial charge in [0.1, 0.15) is 0 Å². The molecule has 1 N–H and O–H groups in total. The van der Waals surface area contributed by atoms with Crippen LogP contribution in [0.15, 0.2) is 36.5 Å². The lowest BCUT2D eigenvalue weighted by Crippen LogP contribution is -2.12. The van der Waals surface area contributed by atoms with Gasteiger partial charge in [-0.05, 0) is 37.8 Å². The number of nitrogens with zero attached hydrogens (tertiary/aromatic N) is 2. The second kappa shape index (κ2) is 5.83. The topological polar surface area (TPSA) is 38.1 Å². The van der Waals surface area contributed by atoms with Crippen LogP contribution in [0.25, 0.3) is 0 Å². The Kier molecular flexibility index (Phi) is 4.15. The van der Waals surface area contributed by atoms with Gasteiger partial charge < -0.3 is 5.11 Å². The maximum absolute atomic E-state index is 10.0. The Morgan fingerprint density at radius 3 is 2.56 bits per heavy atom. The minimum absolute atomic E-state index is 0.289. The molecule has 0 fully saturated rings. The number of hydrogen-bond donors (Lipinski definition) is 1. The summed E-state index contributed by atoms with van der Waals surface area (Å²) in [6.45, 7) is 2.07. The second-order valence-corrected chi connectivity index (χ2v) is 4.83. The first-order valence-electron chi connectivity index (χ1n) is 6.35. The zero-order chi connectivity index (χ0) is 13.0. The number of aliphatic hydroxyl groups is 1. The van der Waals surface area contributed by atoms with E-state index < -0.39 is 0 Å². The Labute approximate surface area is 108 Å². The van der Waals surface area contributed by atoms with E-state index in [-0.39, 0.29) is 6.10 Å². The third-order valence-corrected chi connectivity index (χ3v) is 3.25. The lowest BCUT2D eigenvalue weighted by atomic mass is 10.0. The van der Waals surface area contributed by atoms with Crippen LogP contribution in [0.1, 0.15) is 23.2 Å². The van der Waals surface area contributed by atoms with Crippen molar-refractivity contribution in [3.8, 4) is 0 Å². The fourth-order valence-electron chi connectivity index (χ4n) is 2.06. The summed E-state index contributed by atoms with van der Waals surface area (Å²) < 4.78 is 1.86. The number of hydrogen-bond acceptors (Lipinski definition) is 2. The van der Waals surface area contributed by atoms with Gasteiger partial charge in [0.25, 0.3) is 0 Å². The largest absolute Gasteiger partial charge is 0.393 e. The molecule has 18 heavy (non-hydrogen) atoms. The van der Waals surface area contributed by atoms with Crippen molar-refractivity contribution in [2.24, 2.45) is 7.05 Å². The van der Waals surface area contributed by atoms with Gasteiger partial charge in [-0.2, -0.15) is 5.10 Å². The molecule has 2 rings (SSSR count). The third-order valence-electron chi connectivity index (χ3n) is 3.25. The molecule has 1 atom stereocenters. The smallest absolute Gasteiger partial charge is 0.0584 e. The maximum atomic E-state index is 10.0. The summed E-state index contributed by atoms with van der Waals surface area (Å²) in [5.41, 5.74) is 3.61. The van der Waals surface area contributed by atoms with Gasteiger partial charge in [-0.15, -0.1) is 0 Å². The van der Waals surface area contributed by atoms with Crippen LogP contribution in [-0.4, -0.2) is 21.0 Å². The molecule has 0 aliphatic heterocycles. The summed E-state index contributed by atoms with van der Waals surface area (Å²) in [5.74, 6) is 0. The molecule has 0 amide bonds. The van der Waals surface area contributed by atoms with Crippen molar-refractivity contribution in [3.63, 3.8) is 0 Å². The fourth-order valence-corrected chi connectivity index (χ4v) is 2.06. The highest BCUT2D eigenvalue weighted by Gasteiger charge is 2.07. The number of aromatic nitrogens is 2. The Hall–Kier alpha value is -1.61. The van der Waals surface area contributed by atoms with Crippen molar-refractivity contribution in [2.75, 3.05) is 0 Å². The number of aliphatic hydroxyl groups excluding tert-OH is 1. The van der Waals surface area contributed by atoms with Gasteiger partial charge in [0.15, 0.2) is 0 Å². The molecule has 0 radical (unpaired) electrons. The van der Waals surface area contributed by atoms with E-state index >= 15 is 0 Å². The summed E-state index contributed by atoms with van der Waals surface area (Å²) in [7, 11) is 1.93. The molecule has 0 saturated carbocycles. The molecule has 0 aliphatic rings. The minimum Gasteiger partial charge on any atom is -0.393 e. The molecule has 1 aromatic carbocycles. The van der Waals surface area contributed by atoms with E-state index in [9.17, 15) is 5.11 Å². The van der Waals surface area contributed by atoms with E-state index in [1.807, 2.05) is 17.8 Å². The van der Waals surface area contributed by atoms with Gasteiger partial charge >= 0.3 is 0 Å². The van der Waals surface area contributed by atoms with Gasteiger partial charge in [0.05, 0.1) is 6.10 Å². The predicted molar refractivity (Wildman–Crippen MR) is 72.4 cm³/mol. The van der Waals surface area contributed by atoms with Crippen LogP contribution in [0.4, 0.5) is 0 Å². The van der Waals surface area contributed by atoms with Crippen molar-refractivity contribution >= 4 is 0 Å². The molecule has 0 spiro atoms. The Morgan fingerprint density at radius 1 is 1.22 bits per heavy atom. The molecule has 3 nitrogen and oxygen atoms in total. The highest BCUT2D eigenvalue weighted by atomic mass is 16.3. The van der Waals surface area contributed by atoms with Crippen LogP contribution < -0.4 is 0 Å². The zero-order valence-corrected chi connectivity index (χ0v) is 11.0. The fraction of sp³-hybridized carbons (Fsp3) is 0.400. The van der Waals surface area contributed by atoms with Crippen LogP contribution in [-0.2, 0) is 19.9 Å². The minimum atomic E-state index is -0.289. The van der Waals surface area contributed by atoms with Crippen LogP contribution >= 0.6 is 0 Å². The van der Waals surface area contributed by atoms with Crippen LogP contribution in [0.2, 0.25) is 0 Å². The lowest BCUT2D eigenvalue weighted by molar-refractivity contribution is 0.164. The first-order valence-corrected chi connectivity index (χ1v) is 6.35. The normalized spacial score (nSPS) is 12.6. The van der Waals surface area contributed by atoms with E-state index in [0.29, 0.717) is 0 Å². The first-order chi connectivity index (χ1) is 8.65. The van der Waals surface area contributed by atoms with Crippen molar-refractivity contribution < 1.29 is 5.11 Å². The summed E-state index contributed by atoms with van der Waals surface area (Å²) in [5, 5.41) is 14.2. The molecular formula is C15H20N2O. The Balaban J connectivity index is 1.83. The molecule has 3 heteroatoms. The van der Waals surface area contributed by atoms with Crippen LogP contribution in [0.5, 0.6) is 0 Å². The average molecular weight is 244 g/mol. The Bertz CT molecular complexity index is 487. The first kappa shape index (κ1) is 12.8. The molecule has 1 aromatic heterocycles. The molecule has 1 unspecified atom stereocenters. The number of rotatable bonds is 5. The maximum Gasteiger partial charge on any atom is 0.0584 e. The van der Waals surface area contributed by atoms with Crippen molar-refractivity contribution in [1.82, 2.24) is 9.78 Å². The average Bonchev–Trinajstić information content (AvgIpc) is 2.75. The summed E-state index contributed by atoms with van der Waals surface area (Å²) >= 11 is 0. The molecule has 2 aromatic rings. The molecule has 0 bridgehead atoms. The quantitative estimate of drug-likeness (QED) is 0.876. The van der Waals surface area contributed by atoms with E-state index in [1.54, 1.807) is 6.20 Å². The second-order valence-electron chi connectivity index (χ2n) is 4.83. The monoisotopic (exact) mass is 244 g/mol. The highest BCUT2D eigenvalue weighted by Crippen LogP contribution is 2.10. The summed E-state index contributed by atoms with van der Waals surface area (Å²) in [6, 6.07) is 10.3. The highest BCUT2D eigenvalue weighted by molar-refractivity contribution is 5.21. The van der Waals surface area contributed by atoms with Gasteiger partial charge in [0.2, 0.25) is 0 Å². The van der Waals surface area contributed by atoms with E-state index in [2.05, 4.69) is 36.3 Å². The molecule has 0 saturated heterocycles. The predicted octanol–water partition coefficient (Wildman–Crippen LogP) is 2.26. The Morgan fingerprint density at radius 2 is 1.94 bits per heavy atom. The van der Waals surface area contributed by atoms with Crippen molar-refractivity contribution in [2.45, 2.75) is 32.3 Å². The number of benzene rings is 1. The van der Waals surface area contributed by atoms with Gasteiger partial charge in [-0.3, -0.25) is 4.68 Å². The molecule has 96 valence electrons. The molecule has 1 heterocycles. The van der Waals surface area contributed by atoms with E-state index in [1.165, 1.54) is 11.1 Å². The van der Waals surface area contributed by atoms with Crippen molar-refractivity contribution in [3.05, 3.63) is 53.3 Å². The van der Waals surface area contributed by atoms with E-state index in [4.69, 9.17) is 0 Å². The van der Waals surface area contributed by atoms with Gasteiger partial charge in [-0.1, -0.05) is 29.8 Å². The lowest BCUT2D eigenvalue weighted by Gasteiger charge is -2.11. The standard InChI is InChI=1S/C15H20N2O/c1-12-3-5-13(6-4-12)11-15(18)8-7-14-9-10-16-17(14)2/h3-6,9-10,15,18H,7-8,11H2,1-2H3. The van der Waals surface area contributed by atoms with Crippen molar-refractivity contribution in [1.29, 1.82) is 0 Å². The summed E-state index contributed by atoms with van der Waals surface area (Å²) in [4.78, 5) is 0. The van der Waals surface area contributed by atoms with Gasteiger partial charge in [-0.25, -0.2) is 0 Å². The zero-order valence-electron chi connectivity index (χ0n) is 11.0. The number of aryl methyl sites for hydroxylation is 3. The molecular weight excluding hydrogens is 224 g/mol. The van der Waals surface area contributed by atoms with Gasteiger partial charge in [0, 0.05) is 18.9 Å². The SMILES string of the molecule is Cc1ccc(CC(O)CCc2ccnn2C)cc1. The summed E-state index contributed by atoms with van der Waals surface area (Å²) in [6.07, 6.45) is 3.86. The third kappa shape index (κ3) is 3.44.